The van der Waals surface area contributed by atoms with Crippen molar-refractivity contribution in [1.29, 1.82) is 0 Å². The number of nitrogens with zero attached hydrogens (tertiary/aromatic N) is 4. The highest BCUT2D eigenvalue weighted by Gasteiger charge is 2.54. The molecule has 0 radical (unpaired) electrons. The minimum Gasteiger partial charge on any atom is -0.477 e. The number of allylic oxidation sites excluding steroid dienone is 2. The number of aromatic nitrogens is 2. The molecule has 2 amide bonds. The highest BCUT2D eigenvalue weighted by atomic mass is 32.2. The zero-order valence-electron chi connectivity index (χ0n) is 18.5. The predicted octanol–water partition coefficient (Wildman–Crippen LogP) is -0.0595. The fraction of sp³-hybridized carbons (Fsp3) is 0.238. The molecule has 1 fully saturated rings. The number of hydrogen-bond donors (Lipinski definition) is 4. The third-order valence-corrected chi connectivity index (χ3v) is 7.14. The molecule has 1 saturated heterocycles. The second kappa shape index (κ2) is 10.1. The molecule has 2 atom stereocenters. The van der Waals surface area contributed by atoms with Gasteiger partial charge >= 0.3 is 5.97 Å². The van der Waals surface area contributed by atoms with Gasteiger partial charge in [0.2, 0.25) is 0 Å². The number of carbonyl (C=O) groups is 3. The zero-order chi connectivity index (χ0) is 25.1. The van der Waals surface area contributed by atoms with E-state index in [-0.39, 0.29) is 22.2 Å². The molecule has 2 aromatic heterocycles. The molecule has 2 aliphatic rings. The Hall–Kier alpha value is -3.91. The summed E-state index contributed by atoms with van der Waals surface area (Å²) in [7, 11) is 1.28. The van der Waals surface area contributed by atoms with Crippen LogP contribution in [0.3, 0.4) is 0 Å². The standard InChI is InChI=1S/C21H21N7O5S2/c1-33-26-14(13-10-35-21(23)24-13)17(29)25-15-18(30)28-16(20(31)32)11(9-34-19(15)28)4-2-6-27-7-3-5-12(22)8-27/h2-5,7-8,10,15,19H,6,9,22H2,1H3,(H3-,23,24,25,29,31,32)/p+1/b4-2+,26-14-/t15?,19-/m0/s1. The number of nitrogen functional groups attached to an aromatic ring is 2. The lowest BCUT2D eigenvalue weighted by molar-refractivity contribution is -0.686. The summed E-state index contributed by atoms with van der Waals surface area (Å²) in [6, 6.07) is 2.66. The van der Waals surface area contributed by atoms with Crippen molar-refractivity contribution in [2.75, 3.05) is 24.3 Å². The molecule has 0 spiro atoms. The Kier molecular flexibility index (Phi) is 7.02. The third-order valence-electron chi connectivity index (χ3n) is 5.17. The van der Waals surface area contributed by atoms with Gasteiger partial charge < -0.3 is 26.7 Å². The molecule has 35 heavy (non-hydrogen) atoms. The number of rotatable bonds is 8. The van der Waals surface area contributed by atoms with Crippen LogP contribution in [-0.4, -0.2) is 62.8 Å². The molecule has 14 heteroatoms. The van der Waals surface area contributed by atoms with Crippen molar-refractivity contribution < 1.29 is 28.9 Å². The number of carboxylic acids is 1. The molecule has 182 valence electrons. The van der Waals surface area contributed by atoms with Crippen LogP contribution in [0.5, 0.6) is 0 Å². The van der Waals surface area contributed by atoms with Crippen molar-refractivity contribution in [3.63, 3.8) is 0 Å². The summed E-state index contributed by atoms with van der Waals surface area (Å²) in [4.78, 5) is 47.7. The van der Waals surface area contributed by atoms with E-state index >= 15 is 0 Å². The minimum absolute atomic E-state index is 0.101. The van der Waals surface area contributed by atoms with Crippen LogP contribution in [0.4, 0.5) is 10.8 Å². The number of pyridine rings is 1. The van der Waals surface area contributed by atoms with Gasteiger partial charge in [-0.25, -0.2) is 9.78 Å². The Bertz CT molecular complexity index is 1270. The molecule has 0 bridgehead atoms. The van der Waals surface area contributed by atoms with Gasteiger partial charge in [0.05, 0.1) is 5.69 Å². The monoisotopic (exact) mass is 516 g/mol. The van der Waals surface area contributed by atoms with Crippen molar-refractivity contribution in [3.8, 4) is 0 Å². The SMILES string of the molecule is CO/N=C(\C(=O)NC1C(=O)N2C(C(=O)O)=C(/C=C/C[n+]3cccc(N)c3)CS[C@@H]12)c1csc(N)n1. The average molecular weight is 517 g/mol. The molecular weight excluding hydrogens is 494 g/mol. The minimum atomic E-state index is -1.22. The second-order valence-corrected chi connectivity index (χ2v) is 9.46. The van der Waals surface area contributed by atoms with Crippen LogP contribution in [0.15, 0.2) is 58.5 Å². The largest absolute Gasteiger partial charge is 0.477 e. The number of nitrogens with one attached hydrogen (secondary N) is 1. The van der Waals surface area contributed by atoms with Gasteiger partial charge in [-0.2, -0.15) is 4.57 Å². The van der Waals surface area contributed by atoms with Crippen LogP contribution in [-0.2, 0) is 25.8 Å². The van der Waals surface area contributed by atoms with Gasteiger partial charge in [0.1, 0.15) is 29.9 Å². The van der Waals surface area contributed by atoms with Gasteiger partial charge in [-0.3, -0.25) is 14.5 Å². The quantitative estimate of drug-likeness (QED) is 0.162. The second-order valence-electron chi connectivity index (χ2n) is 7.47. The van der Waals surface area contributed by atoms with Crippen molar-refractivity contribution in [2.24, 2.45) is 5.16 Å². The van der Waals surface area contributed by atoms with Crippen LogP contribution in [0.2, 0.25) is 0 Å². The van der Waals surface area contributed by atoms with Crippen LogP contribution in [0.25, 0.3) is 0 Å². The number of hydrogen-bond acceptors (Lipinski definition) is 10. The van der Waals surface area contributed by atoms with Gasteiger partial charge in [-0.15, -0.1) is 23.1 Å². The molecule has 0 saturated carbocycles. The van der Waals surface area contributed by atoms with E-state index in [1.54, 1.807) is 29.8 Å². The van der Waals surface area contributed by atoms with E-state index in [0.29, 0.717) is 23.6 Å². The predicted molar refractivity (Wildman–Crippen MR) is 130 cm³/mol. The number of aliphatic carboxylic acids is 1. The number of carboxylic acid groups (broad SMARTS) is 1. The van der Waals surface area contributed by atoms with Crippen molar-refractivity contribution >= 4 is 57.4 Å². The van der Waals surface area contributed by atoms with E-state index in [1.165, 1.54) is 23.8 Å². The van der Waals surface area contributed by atoms with Crippen LogP contribution >= 0.6 is 23.1 Å². The molecule has 4 rings (SSSR count). The first-order valence-corrected chi connectivity index (χ1v) is 12.2. The van der Waals surface area contributed by atoms with Crippen LogP contribution in [0.1, 0.15) is 5.69 Å². The van der Waals surface area contributed by atoms with Crippen molar-refractivity contribution in [3.05, 3.63) is 59.0 Å². The Morgan fingerprint density at radius 1 is 1.46 bits per heavy atom. The van der Waals surface area contributed by atoms with Crippen LogP contribution < -0.4 is 21.4 Å². The molecule has 2 aliphatic heterocycles. The van der Waals surface area contributed by atoms with E-state index in [0.717, 1.165) is 11.3 Å². The highest BCUT2D eigenvalue weighted by molar-refractivity contribution is 8.00. The number of nitrogens with two attached hydrogens (primary N) is 2. The first-order valence-electron chi connectivity index (χ1n) is 10.3. The molecular formula is C21H22N7O5S2+. The number of amides is 2. The van der Waals surface area contributed by atoms with Gasteiger partial charge in [0, 0.05) is 17.2 Å². The molecule has 6 N–H and O–H groups in total. The summed E-state index contributed by atoms with van der Waals surface area (Å²) in [6.45, 7) is 0.477. The lowest BCUT2D eigenvalue weighted by atomic mass is 10.0. The number of carbonyl (C=O) groups excluding carboxylic acids is 2. The average Bonchev–Trinajstić information content (AvgIpc) is 3.26. The fourth-order valence-electron chi connectivity index (χ4n) is 3.65. The maximum atomic E-state index is 12.9. The Labute approximate surface area is 207 Å². The van der Waals surface area contributed by atoms with Gasteiger partial charge in [0.15, 0.2) is 29.8 Å². The van der Waals surface area contributed by atoms with Gasteiger partial charge in [-0.05, 0) is 17.7 Å². The van der Waals surface area contributed by atoms with Gasteiger partial charge in [0.25, 0.3) is 11.8 Å². The number of thiazole rings is 1. The topological polar surface area (TPSA) is 177 Å². The summed E-state index contributed by atoms with van der Waals surface area (Å²) in [6.07, 6.45) is 7.09. The summed E-state index contributed by atoms with van der Waals surface area (Å²) in [5, 5.41) is 17.4. The number of thioether (sulfide) groups is 1. The van der Waals surface area contributed by atoms with E-state index in [4.69, 9.17) is 16.3 Å². The number of anilines is 2. The number of β-lactam (4-membered cyclic amide) rings is 1. The molecule has 0 aliphatic carbocycles. The smallest absolute Gasteiger partial charge is 0.352 e. The van der Waals surface area contributed by atoms with Crippen molar-refractivity contribution in [1.82, 2.24) is 15.2 Å². The first-order chi connectivity index (χ1) is 16.8. The summed E-state index contributed by atoms with van der Waals surface area (Å²) >= 11 is 2.48. The van der Waals surface area contributed by atoms with Gasteiger partial charge in [-0.1, -0.05) is 11.2 Å². The number of oxime groups is 1. The van der Waals surface area contributed by atoms with E-state index < -0.39 is 29.2 Å². The Morgan fingerprint density at radius 2 is 2.26 bits per heavy atom. The zero-order valence-corrected chi connectivity index (χ0v) is 20.1. The maximum absolute atomic E-state index is 12.9. The molecule has 0 aromatic carbocycles. The lowest BCUT2D eigenvalue weighted by Crippen LogP contribution is -2.71. The number of fused-ring (bicyclic) bond motifs is 1. The Balaban J connectivity index is 1.49. The third kappa shape index (κ3) is 4.97. The van der Waals surface area contributed by atoms with E-state index in [2.05, 4.69) is 15.5 Å². The summed E-state index contributed by atoms with van der Waals surface area (Å²) in [5.41, 5.74) is 12.5. The van der Waals surface area contributed by atoms with E-state index in [9.17, 15) is 19.5 Å². The van der Waals surface area contributed by atoms with Crippen LogP contribution in [0, 0.1) is 0 Å². The normalized spacial score (nSPS) is 20.0. The first kappa shape index (κ1) is 24.2. The van der Waals surface area contributed by atoms with E-state index in [1.807, 2.05) is 16.8 Å². The molecule has 1 unspecified atom stereocenters. The summed E-state index contributed by atoms with van der Waals surface area (Å²) in [5.74, 6) is -2.08. The summed E-state index contributed by atoms with van der Waals surface area (Å²) < 4.78 is 1.85. The molecule has 4 heterocycles. The van der Waals surface area contributed by atoms with Crippen molar-refractivity contribution in [2.45, 2.75) is 18.0 Å². The maximum Gasteiger partial charge on any atom is 0.352 e. The lowest BCUT2D eigenvalue weighted by Gasteiger charge is -2.49. The highest BCUT2D eigenvalue weighted by Crippen LogP contribution is 2.40. The molecule has 12 nitrogen and oxygen atoms in total. The molecule has 2 aromatic rings. The fourth-order valence-corrected chi connectivity index (χ4v) is 5.51. The Morgan fingerprint density at radius 3 is 2.91 bits per heavy atom.